The number of nitrogens with zero attached hydrogens (tertiary/aromatic N) is 1. The lowest BCUT2D eigenvalue weighted by molar-refractivity contribution is -0.141. The fourth-order valence-electron chi connectivity index (χ4n) is 1.48. The second kappa shape index (κ2) is 3.88. The number of ether oxygens (including phenoxy) is 1. The zero-order valence-corrected chi connectivity index (χ0v) is 8.60. The minimum absolute atomic E-state index is 0.161. The molecule has 0 amide bonds. The molecule has 0 aromatic carbocycles. The van der Waals surface area contributed by atoms with Crippen LogP contribution in [0.2, 0.25) is 0 Å². The van der Waals surface area contributed by atoms with Gasteiger partial charge in [0.15, 0.2) is 5.78 Å². The summed E-state index contributed by atoms with van der Waals surface area (Å²) in [5, 5.41) is 0. The third-order valence-corrected chi connectivity index (χ3v) is 2.52. The smallest absolute Gasteiger partial charge is 0.325 e. The van der Waals surface area contributed by atoms with E-state index in [0.29, 0.717) is 5.56 Å². The van der Waals surface area contributed by atoms with Gasteiger partial charge in [-0.15, -0.1) is 0 Å². The molecular formula is C11H13NO3. The lowest BCUT2D eigenvalue weighted by Gasteiger charge is -1.99. The third kappa shape index (κ3) is 2.26. The minimum Gasteiger partial charge on any atom is -0.468 e. The summed E-state index contributed by atoms with van der Waals surface area (Å²) in [4.78, 5) is 22.6. The number of carbonyl (C=O) groups excluding carboxylic acids is 2. The third-order valence-electron chi connectivity index (χ3n) is 2.52. The fourth-order valence-corrected chi connectivity index (χ4v) is 1.48. The summed E-state index contributed by atoms with van der Waals surface area (Å²) in [7, 11) is 1.35. The van der Waals surface area contributed by atoms with E-state index in [0.717, 1.165) is 12.8 Å². The van der Waals surface area contributed by atoms with Crippen LogP contribution in [0.15, 0.2) is 18.5 Å². The van der Waals surface area contributed by atoms with Gasteiger partial charge in [0.05, 0.1) is 7.11 Å². The van der Waals surface area contributed by atoms with Crippen LogP contribution in [0, 0.1) is 5.92 Å². The van der Waals surface area contributed by atoms with Gasteiger partial charge in [0.2, 0.25) is 0 Å². The van der Waals surface area contributed by atoms with E-state index in [9.17, 15) is 9.59 Å². The van der Waals surface area contributed by atoms with Gasteiger partial charge in [-0.2, -0.15) is 0 Å². The van der Waals surface area contributed by atoms with Gasteiger partial charge < -0.3 is 9.30 Å². The molecule has 1 aromatic heterocycles. The van der Waals surface area contributed by atoms with E-state index in [4.69, 9.17) is 0 Å². The average molecular weight is 207 g/mol. The van der Waals surface area contributed by atoms with E-state index in [1.807, 2.05) is 0 Å². The highest BCUT2D eigenvalue weighted by Crippen LogP contribution is 2.32. The molecular weight excluding hydrogens is 194 g/mol. The number of aromatic nitrogens is 1. The van der Waals surface area contributed by atoms with Crippen molar-refractivity contribution in [2.45, 2.75) is 19.4 Å². The number of esters is 1. The quantitative estimate of drug-likeness (QED) is 0.551. The summed E-state index contributed by atoms with van der Waals surface area (Å²) in [6.07, 6.45) is 5.44. The number of carbonyl (C=O) groups is 2. The summed E-state index contributed by atoms with van der Waals surface area (Å²) >= 11 is 0. The Morgan fingerprint density at radius 3 is 2.87 bits per heavy atom. The molecule has 15 heavy (non-hydrogen) atoms. The predicted octanol–water partition coefficient (Wildman–Crippen LogP) is 1.25. The molecule has 0 radical (unpaired) electrons. The highest BCUT2D eigenvalue weighted by atomic mass is 16.5. The molecule has 0 atom stereocenters. The summed E-state index contributed by atoms with van der Waals surface area (Å²) in [6.45, 7) is 0.161. The first-order valence-electron chi connectivity index (χ1n) is 4.97. The van der Waals surface area contributed by atoms with E-state index in [1.54, 1.807) is 23.0 Å². The van der Waals surface area contributed by atoms with Crippen molar-refractivity contribution in [2.24, 2.45) is 5.92 Å². The molecule has 0 bridgehead atoms. The second-order valence-corrected chi connectivity index (χ2v) is 3.79. The van der Waals surface area contributed by atoms with Crippen molar-refractivity contribution >= 4 is 11.8 Å². The van der Waals surface area contributed by atoms with Crippen LogP contribution in [0.5, 0.6) is 0 Å². The summed E-state index contributed by atoms with van der Waals surface area (Å²) in [6, 6.07) is 1.75. The van der Waals surface area contributed by atoms with Crippen LogP contribution in [-0.4, -0.2) is 23.4 Å². The fraction of sp³-hybridized carbons (Fsp3) is 0.455. The largest absolute Gasteiger partial charge is 0.468 e. The Kier molecular flexibility index (Phi) is 2.58. The Balaban J connectivity index is 2.03. The van der Waals surface area contributed by atoms with Gasteiger partial charge in [0.1, 0.15) is 6.54 Å². The highest BCUT2D eigenvalue weighted by molar-refractivity contribution is 5.99. The molecule has 0 unspecified atom stereocenters. The standard InChI is InChI=1S/C11H13NO3/c1-15-10(13)7-12-5-4-9(6-12)11(14)8-2-3-8/h4-6,8H,2-3,7H2,1H3. The summed E-state index contributed by atoms with van der Waals surface area (Å²) in [5.41, 5.74) is 0.696. The van der Waals surface area contributed by atoms with E-state index in [1.165, 1.54) is 7.11 Å². The molecule has 1 aromatic rings. The molecule has 4 heteroatoms. The van der Waals surface area contributed by atoms with E-state index < -0.39 is 0 Å². The second-order valence-electron chi connectivity index (χ2n) is 3.79. The van der Waals surface area contributed by atoms with Crippen molar-refractivity contribution in [1.82, 2.24) is 4.57 Å². The number of rotatable bonds is 4. The van der Waals surface area contributed by atoms with Gasteiger partial charge in [-0.3, -0.25) is 9.59 Å². The van der Waals surface area contributed by atoms with Crippen LogP contribution in [0.3, 0.4) is 0 Å². The maximum Gasteiger partial charge on any atom is 0.325 e. The first-order valence-corrected chi connectivity index (χ1v) is 4.97. The summed E-state index contributed by atoms with van der Waals surface area (Å²) < 4.78 is 6.21. The molecule has 0 aliphatic heterocycles. The molecule has 1 heterocycles. The topological polar surface area (TPSA) is 48.3 Å². The van der Waals surface area contributed by atoms with E-state index in [-0.39, 0.29) is 24.2 Å². The Labute approximate surface area is 87.8 Å². The number of hydrogen-bond donors (Lipinski definition) is 0. The van der Waals surface area contributed by atoms with Gasteiger partial charge in [-0.1, -0.05) is 0 Å². The van der Waals surface area contributed by atoms with Crippen LogP contribution in [0.25, 0.3) is 0 Å². The van der Waals surface area contributed by atoms with Gasteiger partial charge >= 0.3 is 5.97 Å². The van der Waals surface area contributed by atoms with Crippen molar-refractivity contribution in [3.63, 3.8) is 0 Å². The minimum atomic E-state index is -0.309. The maximum atomic E-state index is 11.6. The van der Waals surface area contributed by atoms with Crippen molar-refractivity contribution < 1.29 is 14.3 Å². The monoisotopic (exact) mass is 207 g/mol. The van der Waals surface area contributed by atoms with Crippen molar-refractivity contribution in [3.8, 4) is 0 Å². The SMILES string of the molecule is COC(=O)Cn1ccc(C(=O)C2CC2)c1. The van der Waals surface area contributed by atoms with Gasteiger partial charge in [0.25, 0.3) is 0 Å². The Hall–Kier alpha value is -1.58. The summed E-state index contributed by atoms with van der Waals surface area (Å²) in [5.74, 6) is 0.105. The molecule has 80 valence electrons. The Bertz CT molecular complexity index is 390. The average Bonchev–Trinajstić information content (AvgIpc) is 2.98. The molecule has 1 aliphatic carbocycles. The van der Waals surface area contributed by atoms with Crippen molar-refractivity contribution in [1.29, 1.82) is 0 Å². The van der Waals surface area contributed by atoms with Gasteiger partial charge in [-0.05, 0) is 18.9 Å². The molecule has 1 fully saturated rings. The highest BCUT2D eigenvalue weighted by Gasteiger charge is 2.30. The van der Waals surface area contributed by atoms with Crippen molar-refractivity contribution in [3.05, 3.63) is 24.0 Å². The molecule has 2 rings (SSSR count). The normalized spacial score (nSPS) is 15.0. The maximum absolute atomic E-state index is 11.6. The van der Waals surface area contributed by atoms with Crippen LogP contribution in [-0.2, 0) is 16.1 Å². The number of methoxy groups -OCH3 is 1. The lowest BCUT2D eigenvalue weighted by atomic mass is 10.1. The van der Waals surface area contributed by atoms with E-state index in [2.05, 4.69) is 4.74 Å². The first kappa shape index (κ1) is 9.96. The van der Waals surface area contributed by atoms with Crippen LogP contribution in [0.1, 0.15) is 23.2 Å². The number of ketones is 1. The first-order chi connectivity index (χ1) is 7.20. The lowest BCUT2D eigenvalue weighted by Crippen LogP contribution is -2.10. The Morgan fingerprint density at radius 1 is 1.53 bits per heavy atom. The van der Waals surface area contributed by atoms with Crippen LogP contribution < -0.4 is 0 Å². The number of hydrogen-bond acceptors (Lipinski definition) is 3. The van der Waals surface area contributed by atoms with Crippen LogP contribution in [0.4, 0.5) is 0 Å². The molecule has 1 saturated carbocycles. The zero-order valence-electron chi connectivity index (χ0n) is 8.60. The molecule has 0 N–H and O–H groups in total. The molecule has 4 nitrogen and oxygen atoms in total. The molecule has 0 spiro atoms. The zero-order chi connectivity index (χ0) is 10.8. The Morgan fingerprint density at radius 2 is 2.27 bits per heavy atom. The predicted molar refractivity (Wildman–Crippen MR) is 53.5 cm³/mol. The number of Topliss-reactive ketones (excluding diaryl/α,β-unsaturated/α-hetero) is 1. The van der Waals surface area contributed by atoms with Gasteiger partial charge in [0, 0.05) is 23.9 Å². The van der Waals surface area contributed by atoms with E-state index >= 15 is 0 Å². The molecule has 1 aliphatic rings. The van der Waals surface area contributed by atoms with Gasteiger partial charge in [-0.25, -0.2) is 0 Å². The van der Waals surface area contributed by atoms with Crippen molar-refractivity contribution in [2.75, 3.05) is 7.11 Å². The van der Waals surface area contributed by atoms with Crippen LogP contribution >= 0.6 is 0 Å². The molecule has 0 saturated heterocycles.